The van der Waals surface area contributed by atoms with Crippen molar-refractivity contribution in [1.29, 1.82) is 0 Å². The topological polar surface area (TPSA) is 86.7 Å². The average molecular weight is 361 g/mol. The molecule has 6 nitrogen and oxygen atoms in total. The summed E-state index contributed by atoms with van der Waals surface area (Å²) in [5.74, 6) is -0.355. The van der Waals surface area contributed by atoms with Crippen LogP contribution in [-0.2, 0) is 14.4 Å². The number of carbonyl (C=O) groups excluding carboxylic acids is 3. The van der Waals surface area contributed by atoms with Gasteiger partial charge in [-0.3, -0.25) is 24.5 Å². The van der Waals surface area contributed by atoms with Crippen molar-refractivity contribution in [2.75, 3.05) is 6.54 Å². The van der Waals surface area contributed by atoms with Crippen molar-refractivity contribution < 1.29 is 21.0 Å². The van der Waals surface area contributed by atoms with Crippen molar-refractivity contribution >= 4 is 29.5 Å². The first kappa shape index (κ1) is 21.0. The summed E-state index contributed by atoms with van der Waals surface area (Å²) < 4.78 is 0. The van der Waals surface area contributed by atoms with E-state index in [2.05, 4.69) is 0 Å². The lowest BCUT2D eigenvalue weighted by molar-refractivity contribution is -0.140. The van der Waals surface area contributed by atoms with E-state index < -0.39 is 0 Å². The Morgan fingerprint density at radius 1 is 1.29 bits per heavy atom. The first-order valence-electron chi connectivity index (χ1n) is 8.86. The van der Waals surface area contributed by atoms with Gasteiger partial charge in [0.25, 0.3) is 0 Å². The van der Waals surface area contributed by atoms with Gasteiger partial charge in [0.05, 0.1) is 5.25 Å². The van der Waals surface area contributed by atoms with Crippen molar-refractivity contribution in [1.82, 2.24) is 10.4 Å². The van der Waals surface area contributed by atoms with Crippen molar-refractivity contribution in [3.63, 3.8) is 0 Å². The van der Waals surface area contributed by atoms with Gasteiger partial charge in [-0.2, -0.15) is 0 Å². The molecule has 2 N–H and O–H groups in total. The molecule has 0 bridgehead atoms. The maximum Gasteiger partial charge on any atom is 0.246 e. The maximum absolute atomic E-state index is 12.3. The van der Waals surface area contributed by atoms with E-state index in [0.29, 0.717) is 31.1 Å². The molecule has 2 fully saturated rings. The zero-order valence-electron chi connectivity index (χ0n) is 15.1. The summed E-state index contributed by atoms with van der Waals surface area (Å²) in [4.78, 5) is 37.2. The zero-order chi connectivity index (χ0) is 18.3. The molecule has 0 radical (unpaired) electrons. The van der Waals surface area contributed by atoms with Gasteiger partial charge in [0.1, 0.15) is 0 Å². The lowest BCUT2D eigenvalue weighted by atomic mass is 9.81. The Balaban J connectivity index is 0.00000185. The molecule has 1 heterocycles. The number of hydrogen-bond acceptors (Lipinski definition) is 5. The molecule has 2 aliphatic rings. The van der Waals surface area contributed by atoms with Gasteiger partial charge in [-0.25, -0.2) is 5.48 Å². The summed E-state index contributed by atoms with van der Waals surface area (Å²) in [5, 5.41) is 8.75. The summed E-state index contributed by atoms with van der Waals surface area (Å²) in [6.45, 7) is 8.53. The molecule has 2 rings (SSSR count). The van der Waals surface area contributed by atoms with E-state index >= 15 is 0 Å². The second kappa shape index (κ2) is 10.0. The smallest absolute Gasteiger partial charge is 0.246 e. The Labute approximate surface area is 150 Å². The number of nitrogens with one attached hydrogen (secondary N) is 1. The number of nitrogens with zero attached hydrogens (tertiary/aromatic N) is 1. The second-order valence-corrected chi connectivity index (χ2v) is 8.20. The lowest BCUT2D eigenvalue weighted by Crippen LogP contribution is -2.38. The third-order valence-electron chi connectivity index (χ3n) is 4.41. The number of carbonyl (C=O) groups is 3. The summed E-state index contributed by atoms with van der Waals surface area (Å²) in [7, 11) is 0. The fraction of sp³-hybridized carbons (Fsp3) is 0.824. The lowest BCUT2D eigenvalue weighted by Gasteiger charge is -2.29. The Morgan fingerprint density at radius 3 is 2.38 bits per heavy atom. The van der Waals surface area contributed by atoms with E-state index in [4.69, 9.17) is 5.21 Å². The molecular weight excluding hydrogens is 328 g/mol. The number of amides is 3. The summed E-state index contributed by atoms with van der Waals surface area (Å²) in [5.41, 5.74) is 1.70. The number of hydroxylamine groups is 1. The van der Waals surface area contributed by atoms with Gasteiger partial charge in [0.2, 0.25) is 17.7 Å². The molecule has 1 saturated carbocycles. The minimum absolute atomic E-state index is 0. The van der Waals surface area contributed by atoms with Crippen LogP contribution in [-0.4, -0.2) is 44.9 Å². The number of imide groups is 1. The van der Waals surface area contributed by atoms with E-state index in [9.17, 15) is 14.4 Å². The van der Waals surface area contributed by atoms with E-state index in [0.717, 1.165) is 12.8 Å². The van der Waals surface area contributed by atoms with Crippen LogP contribution in [0, 0.1) is 11.8 Å². The highest BCUT2D eigenvalue weighted by atomic mass is 32.2. The van der Waals surface area contributed by atoms with Gasteiger partial charge in [-0.15, -0.1) is 11.8 Å². The van der Waals surface area contributed by atoms with Crippen molar-refractivity contribution in [2.45, 2.75) is 70.3 Å². The van der Waals surface area contributed by atoms with Crippen LogP contribution in [0.5, 0.6) is 0 Å². The average Bonchev–Trinajstić information content (AvgIpc) is 2.83. The van der Waals surface area contributed by atoms with Crippen LogP contribution < -0.4 is 5.48 Å². The fourth-order valence-electron chi connectivity index (χ4n) is 3.24. The molecule has 0 aromatic heterocycles. The monoisotopic (exact) mass is 360 g/mol. The number of thioether (sulfide) groups is 1. The van der Waals surface area contributed by atoms with Crippen LogP contribution in [0.4, 0.5) is 0 Å². The van der Waals surface area contributed by atoms with Crippen LogP contribution in [0.15, 0.2) is 0 Å². The Morgan fingerprint density at radius 2 is 1.88 bits per heavy atom. The molecule has 3 amide bonds. The molecule has 0 spiro atoms. The molecule has 1 saturated heterocycles. The van der Waals surface area contributed by atoms with E-state index in [1.54, 1.807) is 17.2 Å². The van der Waals surface area contributed by atoms with Crippen LogP contribution in [0.25, 0.3) is 0 Å². The van der Waals surface area contributed by atoms with Gasteiger partial charge in [0.15, 0.2) is 0 Å². The van der Waals surface area contributed by atoms with Crippen molar-refractivity contribution in [3.05, 3.63) is 0 Å². The summed E-state index contributed by atoms with van der Waals surface area (Å²) in [6.07, 6.45) is 3.30. The highest BCUT2D eigenvalue weighted by Gasteiger charge is 2.40. The number of hydrogen-bond donors (Lipinski definition) is 2. The highest BCUT2D eigenvalue weighted by molar-refractivity contribution is 8.01. The molecule has 1 atom stereocenters. The minimum Gasteiger partial charge on any atom is -0.289 e. The van der Waals surface area contributed by atoms with Crippen LogP contribution in [0.1, 0.15) is 61.2 Å². The molecule has 0 aromatic rings. The Hall–Kier alpha value is -1.08. The van der Waals surface area contributed by atoms with Gasteiger partial charge in [-0.1, -0.05) is 27.7 Å². The van der Waals surface area contributed by atoms with Gasteiger partial charge in [0, 0.05) is 20.3 Å². The van der Waals surface area contributed by atoms with Crippen LogP contribution >= 0.6 is 11.8 Å². The van der Waals surface area contributed by atoms with Gasteiger partial charge >= 0.3 is 0 Å². The van der Waals surface area contributed by atoms with Gasteiger partial charge < -0.3 is 0 Å². The fourth-order valence-corrected chi connectivity index (χ4v) is 4.38. The Kier molecular flexibility index (Phi) is 8.76. The number of rotatable bonds is 5. The summed E-state index contributed by atoms with van der Waals surface area (Å²) >= 11 is 1.55. The van der Waals surface area contributed by atoms with Crippen molar-refractivity contribution in [3.8, 4) is 0 Å². The predicted molar refractivity (Wildman–Crippen MR) is 96.7 cm³/mol. The molecule has 1 aliphatic carbocycles. The molecule has 1 unspecified atom stereocenters. The molecule has 7 heteroatoms. The first-order valence-corrected chi connectivity index (χ1v) is 9.80. The maximum atomic E-state index is 12.3. The third-order valence-corrected chi connectivity index (χ3v) is 5.65. The SMILES string of the molecule is CC.CC(C)SC1CC(=O)N(CC2CCC(C(=O)NO)CC2)C1=O.[HH]. The van der Waals surface area contributed by atoms with Crippen LogP contribution in [0.2, 0.25) is 0 Å². The van der Waals surface area contributed by atoms with E-state index in [-0.39, 0.29) is 36.2 Å². The molecular formula is C17H32N2O4S. The third kappa shape index (κ3) is 5.48. The number of likely N-dealkylation sites (tertiary alicyclic amines) is 1. The van der Waals surface area contributed by atoms with Crippen molar-refractivity contribution in [2.24, 2.45) is 11.8 Å². The van der Waals surface area contributed by atoms with E-state index in [1.165, 1.54) is 4.90 Å². The second-order valence-electron chi connectivity index (χ2n) is 6.41. The largest absolute Gasteiger partial charge is 0.289 e. The van der Waals surface area contributed by atoms with Crippen LogP contribution in [0.3, 0.4) is 0 Å². The summed E-state index contributed by atoms with van der Waals surface area (Å²) in [6, 6.07) is 0. The normalized spacial score (nSPS) is 27.1. The van der Waals surface area contributed by atoms with Gasteiger partial charge in [-0.05, 0) is 36.9 Å². The molecule has 140 valence electrons. The standard InChI is InChI=1S/C15H24N2O4S.C2H6.H2/c1-9(2)22-12-7-13(18)17(15(12)20)8-10-3-5-11(6-4-10)14(19)16-21;1-2;/h9-12,21H,3-8H2,1-2H3,(H,16,19);1-2H3;1H. The molecule has 0 aromatic carbocycles. The van der Waals surface area contributed by atoms with E-state index in [1.807, 2.05) is 27.7 Å². The highest BCUT2D eigenvalue weighted by Crippen LogP contribution is 2.33. The quantitative estimate of drug-likeness (QED) is 0.447. The predicted octanol–water partition coefficient (Wildman–Crippen LogP) is 2.84. The molecule has 1 aliphatic heterocycles. The minimum atomic E-state index is -0.333. The Bertz CT molecular complexity index is 454. The molecule has 24 heavy (non-hydrogen) atoms. The zero-order valence-corrected chi connectivity index (χ0v) is 15.9. The first-order chi connectivity index (χ1) is 11.4.